The number of furan rings is 1. The summed E-state index contributed by atoms with van der Waals surface area (Å²) in [5.41, 5.74) is 2.70. The van der Waals surface area contributed by atoms with Crippen LogP contribution in [0.5, 0.6) is 0 Å². The first kappa shape index (κ1) is 21.0. The lowest BCUT2D eigenvalue weighted by Gasteiger charge is -2.23. The van der Waals surface area contributed by atoms with Crippen LogP contribution in [-0.4, -0.2) is 38.9 Å². The first-order chi connectivity index (χ1) is 16.0. The number of aromatic amines is 1. The number of amides is 1. The quantitative estimate of drug-likeness (QED) is 0.432. The number of hydrogen-bond donors (Lipinski definition) is 1. The summed E-state index contributed by atoms with van der Waals surface area (Å²) in [4.78, 5) is 26.0. The summed E-state index contributed by atoms with van der Waals surface area (Å²) >= 11 is 6.00. The highest BCUT2D eigenvalue weighted by Crippen LogP contribution is 2.34. The van der Waals surface area contributed by atoms with E-state index >= 15 is 0 Å². The summed E-state index contributed by atoms with van der Waals surface area (Å²) in [5, 5.41) is 14.0. The molecule has 8 nitrogen and oxygen atoms in total. The maximum absolute atomic E-state index is 13.3. The number of esters is 1. The van der Waals surface area contributed by atoms with Crippen LogP contribution in [0, 0.1) is 0 Å². The monoisotopic (exact) mass is 462 g/mol. The number of carbonyl (C=O) groups is 2. The van der Waals surface area contributed by atoms with Crippen molar-refractivity contribution in [2.75, 3.05) is 0 Å². The van der Waals surface area contributed by atoms with E-state index in [1.165, 1.54) is 11.9 Å². The fourth-order valence-corrected chi connectivity index (χ4v) is 3.89. The number of fused-ring (bicyclic) bond motifs is 1. The predicted octanol–water partition coefficient (Wildman–Crippen LogP) is 4.73. The molecule has 0 aliphatic carbocycles. The predicted molar refractivity (Wildman–Crippen MR) is 122 cm³/mol. The van der Waals surface area contributed by atoms with Crippen molar-refractivity contribution in [1.29, 1.82) is 0 Å². The molecule has 2 aromatic heterocycles. The number of nitrogens with one attached hydrogen (secondary N) is 1. The molecule has 0 fully saturated rings. The molecular formula is C24H19ClN4O4. The zero-order valence-electron chi connectivity index (χ0n) is 17.6. The molecule has 9 heteroatoms. The van der Waals surface area contributed by atoms with E-state index in [0.717, 1.165) is 16.5 Å². The average Bonchev–Trinajstić information content (AvgIpc) is 3.58. The third kappa shape index (κ3) is 4.12. The largest absolute Gasteiger partial charge is 0.467 e. The van der Waals surface area contributed by atoms with Gasteiger partial charge >= 0.3 is 5.97 Å². The van der Waals surface area contributed by atoms with E-state index in [-0.39, 0.29) is 0 Å². The summed E-state index contributed by atoms with van der Waals surface area (Å²) in [6.07, 6.45) is 2.57. The second-order valence-corrected chi connectivity index (χ2v) is 8.13. The molecule has 1 aliphatic rings. The highest BCUT2D eigenvalue weighted by molar-refractivity contribution is 6.30. The van der Waals surface area contributed by atoms with Crippen molar-refractivity contribution >= 4 is 40.1 Å². The normalized spacial score (nSPS) is 16.6. The van der Waals surface area contributed by atoms with Gasteiger partial charge in [-0.25, -0.2) is 9.80 Å². The van der Waals surface area contributed by atoms with E-state index in [1.54, 1.807) is 54.9 Å². The Morgan fingerprint density at radius 2 is 2.03 bits per heavy atom. The molecule has 1 amide bonds. The van der Waals surface area contributed by atoms with Crippen molar-refractivity contribution in [3.05, 3.63) is 89.0 Å². The molecule has 1 aliphatic heterocycles. The van der Waals surface area contributed by atoms with Crippen LogP contribution in [0.1, 0.15) is 41.1 Å². The van der Waals surface area contributed by atoms with Crippen LogP contribution < -0.4 is 0 Å². The van der Waals surface area contributed by atoms with E-state index in [9.17, 15) is 9.59 Å². The van der Waals surface area contributed by atoms with Gasteiger partial charge in [0.1, 0.15) is 11.8 Å². The van der Waals surface area contributed by atoms with E-state index in [0.29, 0.717) is 28.5 Å². The minimum Gasteiger partial charge on any atom is -0.467 e. The SMILES string of the molecule is C[C@H](OC(=O)c1ccc2[nH]ncc2c1)C(=O)N1N=C(c2ccc(Cl)cc2)C[C@@H]1c1ccco1. The van der Waals surface area contributed by atoms with Crippen molar-refractivity contribution in [1.82, 2.24) is 15.2 Å². The number of hydrazone groups is 1. The van der Waals surface area contributed by atoms with Crippen LogP contribution in [0.25, 0.3) is 10.9 Å². The van der Waals surface area contributed by atoms with Gasteiger partial charge < -0.3 is 9.15 Å². The molecule has 3 heterocycles. The highest BCUT2D eigenvalue weighted by Gasteiger charge is 2.38. The molecule has 0 bridgehead atoms. The number of rotatable bonds is 5. The Kier molecular flexibility index (Phi) is 5.43. The summed E-state index contributed by atoms with van der Waals surface area (Å²) in [6.45, 7) is 1.53. The molecule has 4 aromatic rings. The molecule has 2 aromatic carbocycles. The van der Waals surface area contributed by atoms with Crippen molar-refractivity contribution in [2.24, 2.45) is 5.10 Å². The van der Waals surface area contributed by atoms with Crippen LogP contribution in [0.2, 0.25) is 5.02 Å². The molecule has 0 spiro atoms. The minimum absolute atomic E-state index is 0.331. The van der Waals surface area contributed by atoms with Crippen molar-refractivity contribution in [3.63, 3.8) is 0 Å². The number of ether oxygens (including phenoxy) is 1. The highest BCUT2D eigenvalue weighted by atomic mass is 35.5. The van der Waals surface area contributed by atoms with Crippen molar-refractivity contribution in [2.45, 2.75) is 25.5 Å². The average molecular weight is 463 g/mol. The van der Waals surface area contributed by atoms with Gasteiger partial charge in [0, 0.05) is 16.8 Å². The maximum Gasteiger partial charge on any atom is 0.338 e. The summed E-state index contributed by atoms with van der Waals surface area (Å²) in [7, 11) is 0. The lowest BCUT2D eigenvalue weighted by Crippen LogP contribution is -2.37. The summed E-state index contributed by atoms with van der Waals surface area (Å²) in [6, 6.07) is 15.4. The molecule has 1 N–H and O–H groups in total. The van der Waals surface area contributed by atoms with Gasteiger partial charge in [-0.1, -0.05) is 23.7 Å². The molecule has 0 radical (unpaired) electrons. The lowest BCUT2D eigenvalue weighted by atomic mass is 10.0. The maximum atomic E-state index is 13.3. The number of H-pyrrole nitrogens is 1. The Bertz CT molecular complexity index is 1340. The third-order valence-electron chi connectivity index (χ3n) is 5.49. The standard InChI is InChI=1S/C24H19ClN4O4/c1-14(33-24(31)16-6-9-19-17(11-16)13-26-27-19)23(30)29-21(22-3-2-10-32-22)12-20(28-29)15-4-7-18(25)8-5-15/h2-11,13-14,21H,12H2,1H3,(H,26,27)/t14-,21+/m0/s1. The first-order valence-corrected chi connectivity index (χ1v) is 10.7. The second-order valence-electron chi connectivity index (χ2n) is 7.69. The number of benzene rings is 2. The zero-order chi connectivity index (χ0) is 22.9. The van der Waals surface area contributed by atoms with Gasteiger partial charge in [-0.3, -0.25) is 9.89 Å². The topological polar surface area (TPSA) is 101 Å². The van der Waals surface area contributed by atoms with E-state index in [1.807, 2.05) is 12.1 Å². The Balaban J connectivity index is 1.37. The number of carbonyl (C=O) groups excluding carboxylic acids is 2. The Hall–Kier alpha value is -3.91. The molecule has 0 saturated heterocycles. The van der Waals surface area contributed by atoms with Gasteiger partial charge in [0.25, 0.3) is 5.91 Å². The summed E-state index contributed by atoms with van der Waals surface area (Å²) in [5.74, 6) is -0.451. The fourth-order valence-electron chi connectivity index (χ4n) is 3.77. The van der Waals surface area contributed by atoms with E-state index < -0.39 is 24.0 Å². The molecule has 2 atom stereocenters. The van der Waals surface area contributed by atoms with Crippen LogP contribution in [0.15, 0.2) is 76.6 Å². The number of aromatic nitrogens is 2. The Labute approximate surface area is 193 Å². The molecular weight excluding hydrogens is 444 g/mol. The van der Waals surface area contributed by atoms with Crippen molar-refractivity contribution in [3.8, 4) is 0 Å². The van der Waals surface area contributed by atoms with Crippen LogP contribution in [0.4, 0.5) is 0 Å². The summed E-state index contributed by atoms with van der Waals surface area (Å²) < 4.78 is 11.0. The van der Waals surface area contributed by atoms with Crippen molar-refractivity contribution < 1.29 is 18.7 Å². The van der Waals surface area contributed by atoms with Gasteiger partial charge in [-0.05, 0) is 55.0 Å². The number of hydrogen-bond acceptors (Lipinski definition) is 6. The molecule has 5 rings (SSSR count). The van der Waals surface area contributed by atoms with Gasteiger partial charge in [0.2, 0.25) is 0 Å². The number of nitrogens with zero attached hydrogens (tertiary/aromatic N) is 3. The van der Waals surface area contributed by atoms with Gasteiger partial charge in [0.05, 0.1) is 29.3 Å². The van der Waals surface area contributed by atoms with Gasteiger partial charge in [-0.15, -0.1) is 0 Å². The number of halogens is 1. The molecule has 33 heavy (non-hydrogen) atoms. The molecule has 0 unspecified atom stereocenters. The zero-order valence-corrected chi connectivity index (χ0v) is 18.3. The van der Waals surface area contributed by atoms with Gasteiger partial charge in [0.15, 0.2) is 6.10 Å². The smallest absolute Gasteiger partial charge is 0.338 e. The molecule has 166 valence electrons. The Morgan fingerprint density at radius 3 is 2.79 bits per heavy atom. The van der Waals surface area contributed by atoms with Crippen LogP contribution in [0.3, 0.4) is 0 Å². The van der Waals surface area contributed by atoms with Crippen LogP contribution >= 0.6 is 11.6 Å². The van der Waals surface area contributed by atoms with E-state index in [2.05, 4.69) is 15.3 Å². The van der Waals surface area contributed by atoms with E-state index in [4.69, 9.17) is 20.8 Å². The second kappa shape index (κ2) is 8.55. The lowest BCUT2D eigenvalue weighted by molar-refractivity contribution is -0.142. The Morgan fingerprint density at radius 1 is 1.21 bits per heavy atom. The minimum atomic E-state index is -1.05. The fraction of sp³-hybridized carbons (Fsp3) is 0.167. The third-order valence-corrected chi connectivity index (χ3v) is 5.74. The molecule has 0 saturated carbocycles. The van der Waals surface area contributed by atoms with Crippen LogP contribution in [-0.2, 0) is 9.53 Å². The first-order valence-electron chi connectivity index (χ1n) is 10.3. The van der Waals surface area contributed by atoms with Gasteiger partial charge in [-0.2, -0.15) is 10.2 Å².